The van der Waals surface area contributed by atoms with Gasteiger partial charge >= 0.3 is 0 Å². The van der Waals surface area contributed by atoms with Gasteiger partial charge in [0.2, 0.25) is 0 Å². The first-order valence-corrected chi connectivity index (χ1v) is 12.6. The van der Waals surface area contributed by atoms with Gasteiger partial charge in [0, 0.05) is 30.9 Å². The van der Waals surface area contributed by atoms with Gasteiger partial charge < -0.3 is 9.80 Å². The van der Waals surface area contributed by atoms with E-state index < -0.39 is 15.7 Å². The van der Waals surface area contributed by atoms with Gasteiger partial charge in [0.05, 0.1) is 11.3 Å². The second-order valence-electron chi connectivity index (χ2n) is 8.29. The number of aromatic nitrogens is 1. The van der Waals surface area contributed by atoms with Crippen LogP contribution in [-0.4, -0.2) is 67.1 Å². The Morgan fingerprint density at radius 3 is 2.36 bits per heavy atom. The van der Waals surface area contributed by atoms with Crippen LogP contribution in [0, 0.1) is 5.82 Å². The monoisotopic (exact) mass is 517 g/mol. The number of rotatable bonds is 6. The third-order valence-corrected chi connectivity index (χ3v) is 7.91. The standard InChI is InChI=1S/C23H28FN3O3S.2ClH/c1-2-31(29,30)22-10-8-18(15-25-22)17-7-9-20(21(24)14-17)23(28)27-13-5-6-19(27)16-26-11-3-4-12-26;;/h7-10,14-15,19H,2-6,11-13,16H2,1H3;2*1H. The van der Waals surface area contributed by atoms with E-state index in [1.165, 1.54) is 37.2 Å². The molecule has 0 aliphatic carbocycles. The van der Waals surface area contributed by atoms with Crippen LogP contribution in [0.5, 0.6) is 0 Å². The molecule has 1 atom stereocenters. The van der Waals surface area contributed by atoms with Gasteiger partial charge in [-0.3, -0.25) is 4.79 Å². The second kappa shape index (κ2) is 11.6. The van der Waals surface area contributed by atoms with Crippen molar-refractivity contribution in [2.45, 2.75) is 43.7 Å². The molecule has 1 aromatic carbocycles. The molecule has 2 fully saturated rings. The summed E-state index contributed by atoms with van der Waals surface area (Å²) in [6.45, 7) is 5.24. The maximum absolute atomic E-state index is 14.9. The summed E-state index contributed by atoms with van der Waals surface area (Å²) in [5, 5.41) is 0.00379. The number of amides is 1. The molecule has 2 saturated heterocycles. The van der Waals surface area contributed by atoms with Gasteiger partial charge in [-0.15, -0.1) is 24.8 Å². The third kappa shape index (κ3) is 6.04. The van der Waals surface area contributed by atoms with Crippen LogP contribution in [0.25, 0.3) is 11.1 Å². The SMILES string of the molecule is CCS(=O)(=O)c1ccc(-c2ccc(C(=O)N3CCCC3CN3CCCC3)c(F)c2)cn1.Cl.Cl. The summed E-state index contributed by atoms with van der Waals surface area (Å²) in [4.78, 5) is 21.3. The first-order valence-electron chi connectivity index (χ1n) is 10.9. The fraction of sp³-hybridized carbons (Fsp3) is 0.478. The quantitative estimate of drug-likeness (QED) is 0.573. The molecule has 3 heterocycles. The molecule has 0 spiro atoms. The number of halogens is 3. The lowest BCUT2D eigenvalue weighted by Gasteiger charge is -2.28. The number of benzene rings is 1. The van der Waals surface area contributed by atoms with Crippen molar-refractivity contribution >= 4 is 40.6 Å². The number of pyridine rings is 1. The Bertz CT molecular complexity index is 1060. The minimum Gasteiger partial charge on any atom is -0.334 e. The lowest BCUT2D eigenvalue weighted by molar-refractivity contribution is 0.0704. The highest BCUT2D eigenvalue weighted by Gasteiger charge is 2.32. The van der Waals surface area contributed by atoms with Crippen molar-refractivity contribution in [1.82, 2.24) is 14.8 Å². The molecule has 4 rings (SSSR count). The van der Waals surface area contributed by atoms with Crippen LogP contribution < -0.4 is 0 Å². The predicted octanol–water partition coefficient (Wildman–Crippen LogP) is 4.23. The summed E-state index contributed by atoms with van der Waals surface area (Å²) >= 11 is 0. The number of hydrogen-bond acceptors (Lipinski definition) is 5. The van der Waals surface area contributed by atoms with Gasteiger partial charge in [0.15, 0.2) is 14.9 Å². The Balaban J connectivity index is 0.00000193. The average Bonchev–Trinajstić information content (AvgIpc) is 3.46. The molecule has 6 nitrogen and oxygen atoms in total. The van der Waals surface area contributed by atoms with E-state index in [1.807, 2.05) is 4.90 Å². The summed E-state index contributed by atoms with van der Waals surface area (Å²) < 4.78 is 38.8. The van der Waals surface area contributed by atoms with Crippen LogP contribution in [-0.2, 0) is 9.84 Å². The maximum atomic E-state index is 14.9. The van der Waals surface area contributed by atoms with E-state index in [2.05, 4.69) is 9.88 Å². The van der Waals surface area contributed by atoms with Crippen LogP contribution >= 0.6 is 24.8 Å². The fourth-order valence-electron chi connectivity index (χ4n) is 4.46. The van der Waals surface area contributed by atoms with Gasteiger partial charge in [-0.2, -0.15) is 0 Å². The molecule has 0 saturated carbocycles. The van der Waals surface area contributed by atoms with Crippen molar-refractivity contribution in [2.75, 3.05) is 31.9 Å². The molecule has 0 N–H and O–H groups in total. The Kier molecular flexibility index (Phi) is 9.67. The van der Waals surface area contributed by atoms with E-state index in [4.69, 9.17) is 0 Å². The highest BCUT2D eigenvalue weighted by atomic mass is 35.5. The number of carbonyl (C=O) groups is 1. The minimum absolute atomic E-state index is 0. The van der Waals surface area contributed by atoms with E-state index in [9.17, 15) is 17.6 Å². The first-order chi connectivity index (χ1) is 14.9. The second-order valence-corrected chi connectivity index (χ2v) is 10.5. The molecule has 2 aliphatic rings. The molecule has 33 heavy (non-hydrogen) atoms. The van der Waals surface area contributed by atoms with Crippen molar-refractivity contribution in [3.63, 3.8) is 0 Å². The molecule has 0 bridgehead atoms. The minimum atomic E-state index is -3.39. The topological polar surface area (TPSA) is 70.6 Å². The molecular weight excluding hydrogens is 488 g/mol. The van der Waals surface area contributed by atoms with E-state index in [0.29, 0.717) is 17.7 Å². The van der Waals surface area contributed by atoms with Gasteiger partial charge in [0.25, 0.3) is 5.91 Å². The zero-order chi connectivity index (χ0) is 22.0. The van der Waals surface area contributed by atoms with Crippen LogP contribution in [0.4, 0.5) is 4.39 Å². The van der Waals surface area contributed by atoms with Crippen molar-refractivity contribution in [3.05, 3.63) is 47.9 Å². The molecule has 2 aromatic rings. The van der Waals surface area contributed by atoms with E-state index >= 15 is 0 Å². The Morgan fingerprint density at radius 1 is 1.06 bits per heavy atom. The molecule has 1 aromatic heterocycles. The normalized spacial score (nSPS) is 18.6. The van der Waals surface area contributed by atoms with Gasteiger partial charge in [0.1, 0.15) is 5.82 Å². The summed E-state index contributed by atoms with van der Waals surface area (Å²) in [6, 6.07) is 7.71. The van der Waals surface area contributed by atoms with Gasteiger partial charge in [-0.25, -0.2) is 17.8 Å². The number of sulfone groups is 1. The van der Waals surface area contributed by atoms with E-state index in [1.54, 1.807) is 19.1 Å². The number of carbonyl (C=O) groups excluding carboxylic acids is 1. The first kappa shape index (κ1) is 27.5. The largest absolute Gasteiger partial charge is 0.334 e. The zero-order valence-corrected chi connectivity index (χ0v) is 21.0. The summed E-state index contributed by atoms with van der Waals surface area (Å²) in [6.07, 6.45) is 5.74. The van der Waals surface area contributed by atoms with E-state index in [-0.39, 0.29) is 53.1 Å². The molecular formula is C23H30Cl2FN3O3S. The Hall–Kier alpha value is -1.74. The highest BCUT2D eigenvalue weighted by Crippen LogP contribution is 2.26. The fourth-order valence-corrected chi connectivity index (χ4v) is 5.25. The summed E-state index contributed by atoms with van der Waals surface area (Å²) in [5.74, 6) is -0.854. The smallest absolute Gasteiger partial charge is 0.257 e. The van der Waals surface area contributed by atoms with Crippen molar-refractivity contribution in [2.24, 2.45) is 0 Å². The zero-order valence-electron chi connectivity index (χ0n) is 18.6. The van der Waals surface area contributed by atoms with Crippen LogP contribution in [0.2, 0.25) is 0 Å². The van der Waals surface area contributed by atoms with Crippen molar-refractivity contribution in [1.29, 1.82) is 0 Å². The van der Waals surface area contributed by atoms with Crippen molar-refractivity contribution < 1.29 is 17.6 Å². The number of hydrogen-bond donors (Lipinski definition) is 0. The summed E-state index contributed by atoms with van der Waals surface area (Å²) in [5.41, 5.74) is 1.23. The number of nitrogens with zero attached hydrogens (tertiary/aromatic N) is 3. The third-order valence-electron chi connectivity index (χ3n) is 6.27. The Labute approximate surface area is 207 Å². The molecule has 0 radical (unpaired) electrons. The molecule has 10 heteroatoms. The number of likely N-dealkylation sites (tertiary alicyclic amines) is 2. The van der Waals surface area contributed by atoms with E-state index in [0.717, 1.165) is 32.5 Å². The van der Waals surface area contributed by atoms with Gasteiger partial charge in [-0.05, 0) is 68.6 Å². The molecule has 1 amide bonds. The highest BCUT2D eigenvalue weighted by molar-refractivity contribution is 7.91. The van der Waals surface area contributed by atoms with Crippen LogP contribution in [0.15, 0.2) is 41.6 Å². The van der Waals surface area contributed by atoms with Crippen molar-refractivity contribution in [3.8, 4) is 11.1 Å². The molecule has 182 valence electrons. The molecule has 1 unspecified atom stereocenters. The summed E-state index contributed by atoms with van der Waals surface area (Å²) in [7, 11) is -3.39. The van der Waals surface area contributed by atoms with Gasteiger partial charge in [-0.1, -0.05) is 13.0 Å². The molecule has 2 aliphatic heterocycles. The average molecular weight is 518 g/mol. The predicted molar refractivity (Wildman–Crippen MR) is 132 cm³/mol. The van der Waals surface area contributed by atoms with Crippen LogP contribution in [0.3, 0.4) is 0 Å². The lowest BCUT2D eigenvalue weighted by Crippen LogP contribution is -2.42. The maximum Gasteiger partial charge on any atom is 0.257 e. The lowest BCUT2D eigenvalue weighted by atomic mass is 10.0. The van der Waals surface area contributed by atoms with Crippen LogP contribution in [0.1, 0.15) is 43.0 Å². The Morgan fingerprint density at radius 2 is 1.76 bits per heavy atom.